The van der Waals surface area contributed by atoms with E-state index in [1.54, 1.807) is 52.9 Å². The number of cyclic esters (lactones) is 1. The van der Waals surface area contributed by atoms with Gasteiger partial charge < -0.3 is 72.8 Å². The molecule has 0 amide bonds. The number of rotatable bonds is 20. The summed E-state index contributed by atoms with van der Waals surface area (Å²) in [7, 11) is 4.31. The summed E-state index contributed by atoms with van der Waals surface area (Å²) in [4.78, 5) is 22.3. The number of benzene rings is 1. The maximum Gasteiger partial charge on any atom is 0.311 e. The van der Waals surface area contributed by atoms with Crippen LogP contribution in [-0.4, -0.2) is 206 Å². The topological polar surface area (TPSA) is 271 Å². The van der Waals surface area contributed by atoms with E-state index in [-0.39, 0.29) is 31.0 Å². The van der Waals surface area contributed by atoms with E-state index in [0.29, 0.717) is 36.4 Å². The zero-order valence-electron chi connectivity index (χ0n) is 48.5. The Morgan fingerprint density at radius 2 is 1.59 bits per heavy atom. The number of aliphatic hydroxyl groups is 4. The molecule has 0 saturated carbocycles. The van der Waals surface area contributed by atoms with E-state index < -0.39 is 143 Å². The fourth-order valence-corrected chi connectivity index (χ4v) is 12.2. The molecule has 22 nitrogen and oxygen atoms in total. The SMILES string of the molecule is CC[C@H]1OC(=O)[C@H](C)[C@@H](O[C@H]2C[C@@](C)(OC)[C@@H](O)[C@H](C)O2)[C@H](C)[C@@H](O[C@@H]2O[C@H](C)C[C@H](N(C)CCc3cn([C@H](CF)[C@H](OC)c4ccc(S(C)(=O)=O)cc4)nn3)[C@H]2O)[C@](C)(OC)C[C@@H](C)/C(=N\OCOC)[C@H](C)[C@@H](O)[C@]1(C)O. The molecule has 0 aliphatic carbocycles. The number of aliphatic hydroxyl groups excluding tert-OH is 3. The number of alkyl halides is 1. The number of aromatic nitrogens is 3. The number of hydrogen-bond acceptors (Lipinski definition) is 21. The van der Waals surface area contributed by atoms with Crippen LogP contribution in [0.4, 0.5) is 4.39 Å². The molecule has 3 aliphatic rings. The maximum atomic E-state index is 14.8. The number of halogens is 1. The molecule has 0 spiro atoms. The van der Waals surface area contributed by atoms with Gasteiger partial charge in [-0.25, -0.2) is 17.5 Å². The molecule has 1 aromatic carbocycles. The first kappa shape index (κ1) is 65.5. The summed E-state index contributed by atoms with van der Waals surface area (Å²) in [6.45, 7) is 16.7. The first-order valence-electron chi connectivity index (χ1n) is 26.9. The summed E-state index contributed by atoms with van der Waals surface area (Å²) in [5.74, 6) is -4.07. The molecular formula is C54H90FN5O17S. The molecule has 24 heteroatoms. The van der Waals surface area contributed by atoms with Crippen LogP contribution >= 0.6 is 0 Å². The highest BCUT2D eigenvalue weighted by Crippen LogP contribution is 2.42. The van der Waals surface area contributed by atoms with Crippen molar-refractivity contribution in [2.45, 2.75) is 203 Å². The van der Waals surface area contributed by atoms with Crippen LogP contribution in [0.2, 0.25) is 0 Å². The summed E-state index contributed by atoms with van der Waals surface area (Å²) in [5, 5.41) is 60.8. The van der Waals surface area contributed by atoms with Gasteiger partial charge in [-0.2, -0.15) is 0 Å². The van der Waals surface area contributed by atoms with Crippen LogP contribution in [0.15, 0.2) is 40.5 Å². The van der Waals surface area contributed by atoms with E-state index in [1.165, 1.54) is 52.2 Å². The van der Waals surface area contributed by atoms with Gasteiger partial charge in [-0.1, -0.05) is 50.2 Å². The summed E-state index contributed by atoms with van der Waals surface area (Å²) in [5.41, 5.74) is -2.96. The van der Waals surface area contributed by atoms with Gasteiger partial charge in [-0.3, -0.25) is 4.79 Å². The molecule has 3 saturated heterocycles. The maximum absolute atomic E-state index is 14.8. The van der Waals surface area contributed by atoms with Gasteiger partial charge >= 0.3 is 5.97 Å². The highest BCUT2D eigenvalue weighted by molar-refractivity contribution is 7.90. The average Bonchev–Trinajstić information content (AvgIpc) is 3.91. The normalized spacial score (nSPS) is 38.2. The van der Waals surface area contributed by atoms with Gasteiger partial charge in [0.1, 0.15) is 42.7 Å². The van der Waals surface area contributed by atoms with E-state index in [4.69, 9.17) is 47.5 Å². The second-order valence-corrected chi connectivity index (χ2v) is 24.5. The Morgan fingerprint density at radius 1 is 0.936 bits per heavy atom. The number of esters is 1. The largest absolute Gasteiger partial charge is 0.459 e. The fraction of sp³-hybridized carbons (Fsp3) is 0.815. The number of ether oxygens (including phenoxy) is 9. The molecule has 5 rings (SSSR count). The standard InChI is InChI=1S/C54H90FN5O17S/c1-17-41-54(10,65)47(62)32(4)43(57-72-29-68-12)30(2)25-53(9,71-15)49(33(5)45(34(6)50(64)75-41)76-42-26-52(8,70-14)48(63)35(7)74-42)77-51-44(61)39(24-31(3)73-51)59(11)23-22-37-28-60(58-56-37)40(27-55)46(69-13)36-18-20-38(21-19-36)78(16,66)67/h18-21,28,30-35,39-42,44-49,51,61-63,65H,17,22-27,29H2,1-16H3/b57-43+/t30-,31-,32+,33+,34-,35+,39+,40-,41-,42+,44-,45+,46-,47-,48+,49-,51+,52-,53-,54-/m1/s1. The highest BCUT2D eigenvalue weighted by atomic mass is 32.2. The number of hydrogen-bond donors (Lipinski definition) is 4. The van der Waals surface area contributed by atoms with Crippen molar-refractivity contribution >= 4 is 21.5 Å². The number of sulfone groups is 1. The van der Waals surface area contributed by atoms with Crippen LogP contribution < -0.4 is 0 Å². The van der Waals surface area contributed by atoms with Gasteiger partial charge in [0.15, 0.2) is 22.4 Å². The van der Waals surface area contributed by atoms with E-state index in [0.717, 1.165) is 6.26 Å². The molecule has 1 aromatic heterocycles. The van der Waals surface area contributed by atoms with Crippen LogP contribution in [-0.2, 0) is 68.5 Å². The Morgan fingerprint density at radius 3 is 2.17 bits per heavy atom. The number of oxime groups is 1. The molecule has 4 heterocycles. The molecule has 3 aliphatic heterocycles. The quantitative estimate of drug-likeness (QED) is 0.0621. The molecular weight excluding hydrogens is 1040 g/mol. The molecule has 20 atom stereocenters. The summed E-state index contributed by atoms with van der Waals surface area (Å²) in [6.07, 6.45) is -7.59. The van der Waals surface area contributed by atoms with Crippen molar-refractivity contribution in [2.24, 2.45) is 28.8 Å². The number of nitrogens with zero attached hydrogens (tertiary/aromatic N) is 5. The van der Waals surface area contributed by atoms with E-state index in [2.05, 4.69) is 15.5 Å². The minimum Gasteiger partial charge on any atom is -0.459 e. The third-order valence-electron chi connectivity index (χ3n) is 16.6. The Kier molecular flexibility index (Phi) is 23.2. The van der Waals surface area contributed by atoms with Crippen LogP contribution in [0.25, 0.3) is 0 Å². The Balaban J connectivity index is 1.51. The second kappa shape index (κ2) is 27.6. The van der Waals surface area contributed by atoms with E-state index >= 15 is 0 Å². The summed E-state index contributed by atoms with van der Waals surface area (Å²) >= 11 is 0. The molecule has 2 aromatic rings. The molecule has 3 fully saturated rings. The predicted molar refractivity (Wildman–Crippen MR) is 283 cm³/mol. The molecule has 4 N–H and O–H groups in total. The molecule has 0 unspecified atom stereocenters. The lowest BCUT2D eigenvalue weighted by atomic mass is 9.73. The molecule has 78 heavy (non-hydrogen) atoms. The zero-order chi connectivity index (χ0) is 58.2. The van der Waals surface area contributed by atoms with Crippen LogP contribution in [0.1, 0.15) is 118 Å². The van der Waals surface area contributed by atoms with Crippen molar-refractivity contribution in [3.8, 4) is 0 Å². The Hall–Kier alpha value is -3.34. The lowest BCUT2D eigenvalue weighted by Gasteiger charge is -2.50. The summed E-state index contributed by atoms with van der Waals surface area (Å²) in [6, 6.07) is 4.63. The predicted octanol–water partition coefficient (Wildman–Crippen LogP) is 4.35. The van der Waals surface area contributed by atoms with Crippen LogP contribution in [0.5, 0.6) is 0 Å². The van der Waals surface area contributed by atoms with E-state index in [1.807, 2.05) is 39.6 Å². The van der Waals surface area contributed by atoms with Crippen molar-refractivity contribution in [3.63, 3.8) is 0 Å². The molecule has 0 radical (unpaired) electrons. The second-order valence-electron chi connectivity index (χ2n) is 22.5. The van der Waals surface area contributed by atoms with Gasteiger partial charge in [0.25, 0.3) is 0 Å². The first-order valence-corrected chi connectivity index (χ1v) is 28.8. The van der Waals surface area contributed by atoms with Crippen molar-refractivity contribution < 1.29 is 85.5 Å². The average molecular weight is 1130 g/mol. The number of carbonyl (C=O) groups is 1. The lowest BCUT2D eigenvalue weighted by Crippen LogP contribution is -2.61. The fourth-order valence-electron chi connectivity index (χ4n) is 11.6. The van der Waals surface area contributed by atoms with Crippen molar-refractivity contribution in [2.75, 3.05) is 61.8 Å². The smallest absolute Gasteiger partial charge is 0.311 e. The minimum absolute atomic E-state index is 0.0710. The summed E-state index contributed by atoms with van der Waals surface area (Å²) < 4.78 is 96.5. The minimum atomic E-state index is -3.45. The molecule has 0 bridgehead atoms. The zero-order valence-corrected chi connectivity index (χ0v) is 49.3. The van der Waals surface area contributed by atoms with Gasteiger partial charge in [-0.05, 0) is 85.5 Å². The van der Waals surface area contributed by atoms with Gasteiger partial charge in [-0.15, -0.1) is 5.10 Å². The first-order chi connectivity index (χ1) is 36.5. The third kappa shape index (κ3) is 15.0. The van der Waals surface area contributed by atoms with Gasteiger partial charge in [0.2, 0.25) is 6.79 Å². The number of likely N-dealkylation sites (N-methyl/N-ethyl adjacent to an activating group) is 1. The Labute approximate surface area is 460 Å². The molecule has 446 valence electrons. The van der Waals surface area contributed by atoms with Crippen molar-refractivity contribution in [1.29, 1.82) is 0 Å². The van der Waals surface area contributed by atoms with Crippen LogP contribution in [0, 0.1) is 23.7 Å². The lowest BCUT2D eigenvalue weighted by molar-refractivity contribution is -0.319. The van der Waals surface area contributed by atoms with Crippen molar-refractivity contribution in [1.82, 2.24) is 19.9 Å². The number of methoxy groups -OCH3 is 4. The highest BCUT2D eigenvalue weighted by Gasteiger charge is 2.54. The van der Waals surface area contributed by atoms with Gasteiger partial charge in [0.05, 0.1) is 63.9 Å². The van der Waals surface area contributed by atoms with Gasteiger partial charge in [0, 0.05) is 84.1 Å². The number of carbonyl (C=O) groups excluding carboxylic acids is 1. The Bertz CT molecular complexity index is 2350. The van der Waals surface area contributed by atoms with E-state index in [9.17, 15) is 38.0 Å². The third-order valence-corrected chi connectivity index (χ3v) is 17.7. The van der Waals surface area contributed by atoms with Crippen LogP contribution in [0.3, 0.4) is 0 Å². The van der Waals surface area contributed by atoms with Crippen molar-refractivity contribution in [3.05, 3.63) is 41.7 Å². The monoisotopic (exact) mass is 1130 g/mol.